The third kappa shape index (κ3) is 80.0. The summed E-state index contributed by atoms with van der Waals surface area (Å²) < 4.78 is 68.7. The summed E-state index contributed by atoms with van der Waals surface area (Å²) in [6.45, 7) is 4.30. The molecule has 0 aliphatic heterocycles. The van der Waals surface area contributed by atoms with Crippen molar-refractivity contribution in [1.82, 2.24) is 0 Å². The highest BCUT2D eigenvalue weighted by atomic mass is 31.2. The van der Waals surface area contributed by atoms with Crippen molar-refractivity contribution in [2.45, 2.75) is 316 Å². The van der Waals surface area contributed by atoms with Crippen LogP contribution in [0.2, 0.25) is 0 Å². The summed E-state index contributed by atoms with van der Waals surface area (Å²) in [7, 11) is -10.0. The lowest BCUT2D eigenvalue weighted by Gasteiger charge is -2.21. The molecule has 19 heteroatoms. The number of hydrogen-bond acceptors (Lipinski definition) is 15. The van der Waals surface area contributed by atoms with Gasteiger partial charge < -0.3 is 33.8 Å². The minimum Gasteiger partial charge on any atom is -0.462 e. The van der Waals surface area contributed by atoms with Crippen molar-refractivity contribution in [3.05, 3.63) is 194 Å². The van der Waals surface area contributed by atoms with Gasteiger partial charge in [-0.2, -0.15) is 0 Å². The fourth-order valence-electron chi connectivity index (χ4n) is 10.4. The van der Waals surface area contributed by atoms with E-state index in [9.17, 15) is 43.2 Å². The third-order valence-electron chi connectivity index (χ3n) is 16.5. The monoisotopic (exact) mass is 1570 g/mol. The van der Waals surface area contributed by atoms with Crippen LogP contribution in [0.5, 0.6) is 0 Å². The highest BCUT2D eigenvalue weighted by Gasteiger charge is 2.30. The molecule has 17 nitrogen and oxygen atoms in total. The first-order valence-corrected chi connectivity index (χ1v) is 44.7. The molecular formula is C91H146O17P2. The van der Waals surface area contributed by atoms with Gasteiger partial charge >= 0.3 is 39.5 Å². The zero-order chi connectivity index (χ0) is 80.3. The van der Waals surface area contributed by atoms with Gasteiger partial charge in [0, 0.05) is 25.7 Å². The fourth-order valence-corrected chi connectivity index (χ4v) is 11.9. The number of allylic oxidation sites excluding steroid dienone is 32. The van der Waals surface area contributed by atoms with Gasteiger partial charge in [-0.15, -0.1) is 0 Å². The van der Waals surface area contributed by atoms with Crippen molar-refractivity contribution < 1.29 is 80.2 Å². The molecule has 0 bridgehead atoms. The topological polar surface area (TPSA) is 237 Å². The second-order valence-corrected chi connectivity index (χ2v) is 29.8. The van der Waals surface area contributed by atoms with Crippen LogP contribution in [0.4, 0.5) is 0 Å². The van der Waals surface area contributed by atoms with Gasteiger partial charge in [0.15, 0.2) is 12.2 Å². The number of hydrogen-bond donors (Lipinski definition) is 3. The van der Waals surface area contributed by atoms with E-state index >= 15 is 0 Å². The lowest BCUT2D eigenvalue weighted by molar-refractivity contribution is -0.161. The summed E-state index contributed by atoms with van der Waals surface area (Å²) in [4.78, 5) is 73.2. The van der Waals surface area contributed by atoms with Crippen LogP contribution in [-0.2, 0) is 65.4 Å². The normalized spacial score (nSPS) is 14.8. The first-order chi connectivity index (χ1) is 53.7. The maximum atomic E-state index is 13.1. The minimum atomic E-state index is -5.01. The predicted molar refractivity (Wildman–Crippen MR) is 454 cm³/mol. The molecule has 0 rings (SSSR count). The van der Waals surface area contributed by atoms with E-state index in [-0.39, 0.29) is 25.7 Å². The molecule has 0 saturated heterocycles. The van der Waals surface area contributed by atoms with E-state index in [1.54, 1.807) is 0 Å². The molecule has 0 aromatic carbocycles. The van der Waals surface area contributed by atoms with Crippen LogP contribution in [0.3, 0.4) is 0 Å². The first kappa shape index (κ1) is 104. The number of aliphatic hydroxyl groups excluding tert-OH is 1. The molecule has 0 spiro atoms. The summed E-state index contributed by atoms with van der Waals surface area (Å²) in [5, 5.41) is 10.7. The van der Waals surface area contributed by atoms with Gasteiger partial charge in [-0.05, 0) is 180 Å². The van der Waals surface area contributed by atoms with Crippen molar-refractivity contribution in [3.8, 4) is 0 Å². The number of ether oxygens (including phenoxy) is 4. The van der Waals surface area contributed by atoms with Crippen LogP contribution < -0.4 is 0 Å². The van der Waals surface area contributed by atoms with Gasteiger partial charge in [0.1, 0.15) is 19.3 Å². The molecule has 0 amide bonds. The molecule has 5 unspecified atom stereocenters. The molecule has 110 heavy (non-hydrogen) atoms. The Morgan fingerprint density at radius 1 is 0.255 bits per heavy atom. The maximum absolute atomic E-state index is 13.1. The summed E-state index contributed by atoms with van der Waals surface area (Å²) in [6, 6.07) is 0. The van der Waals surface area contributed by atoms with Crippen molar-refractivity contribution in [2.75, 3.05) is 39.6 Å². The Labute approximate surface area is 666 Å². The van der Waals surface area contributed by atoms with Gasteiger partial charge in [0.25, 0.3) is 0 Å². The molecule has 0 aromatic heterocycles. The van der Waals surface area contributed by atoms with Crippen LogP contribution in [0, 0.1) is 0 Å². The lowest BCUT2D eigenvalue weighted by atomic mass is 10.1. The van der Waals surface area contributed by atoms with Crippen LogP contribution in [0.15, 0.2) is 194 Å². The number of unbranched alkanes of at least 4 members (excludes halogenated alkanes) is 18. The maximum Gasteiger partial charge on any atom is 0.472 e. The number of carbonyl (C=O) groups is 4. The van der Waals surface area contributed by atoms with E-state index in [1.165, 1.54) is 0 Å². The summed E-state index contributed by atoms with van der Waals surface area (Å²) in [6.07, 6.45) is 99.7. The SMILES string of the molecule is CC/C=C\C/C=C\C/C=C\C/C=C\C/C=C\CCCCCC(=O)OCC(COP(=O)(O)OCC(O)COP(=O)(O)OCC(COC(=O)CCCCCCCC/C=C\C/C=C\C/C=C\C/C=C\CC)OC(=O)CCCC/C=C\C/C=C\C/C=C\C/C=C\CC)OC(=O)CCCCCCCCC/C=C\C/C=C\C/C=C\CC. The quantitative estimate of drug-likeness (QED) is 0.0169. The number of phosphoric ester groups is 2. The van der Waals surface area contributed by atoms with E-state index < -0.39 is 97.5 Å². The predicted octanol–water partition coefficient (Wildman–Crippen LogP) is 24.9. The van der Waals surface area contributed by atoms with Crippen LogP contribution in [0.25, 0.3) is 0 Å². The zero-order valence-corrected chi connectivity index (χ0v) is 69.9. The van der Waals surface area contributed by atoms with Gasteiger partial charge in [0.2, 0.25) is 0 Å². The smallest absolute Gasteiger partial charge is 0.462 e. The van der Waals surface area contributed by atoms with E-state index in [0.717, 1.165) is 212 Å². The summed E-state index contributed by atoms with van der Waals surface area (Å²) in [5.41, 5.74) is 0. The number of carbonyl (C=O) groups excluding carboxylic acids is 4. The van der Waals surface area contributed by atoms with Crippen LogP contribution in [0.1, 0.15) is 297 Å². The number of phosphoric acid groups is 2. The van der Waals surface area contributed by atoms with E-state index in [0.29, 0.717) is 32.1 Å². The van der Waals surface area contributed by atoms with Crippen LogP contribution in [-0.4, -0.2) is 96.7 Å². The standard InChI is InChI=1S/C91H146O17P2/c1-5-9-13-17-21-25-29-33-37-40-42-45-48-51-55-59-63-67-71-75-88(93)101-81-86(107-90(95)77-73-69-65-61-57-53-47-36-32-28-24-20-16-12-8-4)83-105-109(97,98)103-79-85(92)80-104-110(99,100)106-84-87(108-91(96)78-74-70-66-62-58-54-50-44-39-35-31-27-23-19-15-11-7-3)82-102-89(94)76-72-68-64-60-56-52-49-46-43-41-38-34-30-26-22-18-14-10-6-2/h9-16,21-28,33-39,42-43,45-47,52,56-57,61,85-87,92H,5-8,17-20,29-32,40-41,44,48-51,53-55,58-60,62-84H2,1-4H3,(H,97,98)(H,99,100)/b13-9-,14-10-,15-11-,16-12-,25-21-,26-22-,27-23-,28-24-,37-33-,38-34-,39-35-,45-42-,46-43-,47-36-,56-52-,61-57-. The molecule has 622 valence electrons. The molecule has 0 aliphatic rings. The van der Waals surface area contributed by atoms with Crippen molar-refractivity contribution in [2.24, 2.45) is 0 Å². The number of aliphatic hydroxyl groups is 1. The summed E-state index contributed by atoms with van der Waals surface area (Å²) in [5.74, 6) is -2.30. The second kappa shape index (κ2) is 80.9. The Hall–Kier alpha value is -6.10. The summed E-state index contributed by atoms with van der Waals surface area (Å²) >= 11 is 0. The molecule has 0 aromatic rings. The van der Waals surface area contributed by atoms with E-state index in [4.69, 9.17) is 37.0 Å². The largest absolute Gasteiger partial charge is 0.472 e. The molecule has 0 radical (unpaired) electrons. The molecule has 5 atom stereocenters. The third-order valence-corrected chi connectivity index (χ3v) is 18.4. The van der Waals surface area contributed by atoms with E-state index in [2.05, 4.69) is 222 Å². The molecule has 0 fully saturated rings. The number of esters is 4. The highest BCUT2D eigenvalue weighted by Crippen LogP contribution is 2.45. The van der Waals surface area contributed by atoms with Crippen molar-refractivity contribution in [1.29, 1.82) is 0 Å². The molecule has 0 saturated carbocycles. The Bertz CT molecular complexity index is 2850. The Morgan fingerprint density at radius 3 is 0.709 bits per heavy atom. The Morgan fingerprint density at radius 2 is 0.445 bits per heavy atom. The molecule has 0 heterocycles. The average Bonchev–Trinajstić information content (AvgIpc) is 0.906. The second-order valence-electron chi connectivity index (χ2n) is 26.9. The van der Waals surface area contributed by atoms with Crippen molar-refractivity contribution in [3.63, 3.8) is 0 Å². The minimum absolute atomic E-state index is 0.0312. The first-order valence-electron chi connectivity index (χ1n) is 41.7. The average molecular weight is 1570 g/mol. The zero-order valence-electron chi connectivity index (χ0n) is 68.1. The van der Waals surface area contributed by atoms with Gasteiger partial charge in [-0.25, -0.2) is 9.13 Å². The molecule has 0 aliphatic carbocycles. The van der Waals surface area contributed by atoms with Gasteiger partial charge in [-0.1, -0.05) is 286 Å². The Balaban J connectivity index is 5.48. The van der Waals surface area contributed by atoms with Crippen LogP contribution >= 0.6 is 15.6 Å². The molecular weight excluding hydrogens is 1430 g/mol. The Kier molecular flexibility index (Phi) is 76.4. The number of rotatable bonds is 76. The lowest BCUT2D eigenvalue weighted by Crippen LogP contribution is -2.30. The van der Waals surface area contributed by atoms with Gasteiger partial charge in [-0.3, -0.25) is 37.3 Å². The van der Waals surface area contributed by atoms with Crippen molar-refractivity contribution >= 4 is 39.5 Å². The van der Waals surface area contributed by atoms with E-state index in [1.807, 2.05) is 0 Å². The fraction of sp³-hybridized carbons (Fsp3) is 0.604. The highest BCUT2D eigenvalue weighted by molar-refractivity contribution is 7.47. The van der Waals surface area contributed by atoms with Gasteiger partial charge in [0.05, 0.1) is 26.4 Å². The molecule has 3 N–H and O–H groups in total.